The molecule has 1 aromatic rings. The number of rotatable bonds is 6. The highest BCUT2D eigenvalue weighted by Gasteiger charge is 2.22. The lowest BCUT2D eigenvalue weighted by Gasteiger charge is -2.12. The highest BCUT2D eigenvalue weighted by Crippen LogP contribution is 2.24. The molecule has 0 radical (unpaired) electrons. The van der Waals surface area contributed by atoms with E-state index in [9.17, 15) is 17.6 Å². The molecule has 6 nitrogen and oxygen atoms in total. The van der Waals surface area contributed by atoms with Gasteiger partial charge in [-0.2, -0.15) is 0 Å². The molecular formula is C11H13ClFNO5S. The van der Waals surface area contributed by atoms with Crippen LogP contribution in [0.15, 0.2) is 17.0 Å². The Bertz CT molecular complexity index is 619. The van der Waals surface area contributed by atoms with Crippen molar-refractivity contribution in [3.05, 3.63) is 28.5 Å². The van der Waals surface area contributed by atoms with Crippen LogP contribution >= 0.6 is 11.6 Å². The van der Waals surface area contributed by atoms with Crippen LogP contribution in [0.4, 0.5) is 4.39 Å². The zero-order valence-electron chi connectivity index (χ0n) is 10.7. The van der Waals surface area contributed by atoms with Crippen LogP contribution in [0.1, 0.15) is 17.3 Å². The van der Waals surface area contributed by atoms with Crippen molar-refractivity contribution >= 4 is 27.6 Å². The standard InChI is InChI=1S/C11H13ClFNO5S/c1-6(19-2)5-14-20(17,18)7-3-8(11(15)16)10(12)9(13)4-7/h3-4,6,14H,5H2,1-2H3,(H,15,16). The van der Waals surface area contributed by atoms with Crippen molar-refractivity contribution < 1.29 is 27.4 Å². The average molecular weight is 326 g/mol. The van der Waals surface area contributed by atoms with Crippen LogP contribution in [0.3, 0.4) is 0 Å². The molecule has 0 spiro atoms. The number of carboxylic acid groups (broad SMARTS) is 1. The van der Waals surface area contributed by atoms with Crippen LogP contribution in [0.25, 0.3) is 0 Å². The van der Waals surface area contributed by atoms with Gasteiger partial charge in [-0.25, -0.2) is 22.3 Å². The van der Waals surface area contributed by atoms with Gasteiger partial charge in [-0.05, 0) is 19.1 Å². The number of aromatic carboxylic acids is 1. The Morgan fingerprint density at radius 3 is 2.65 bits per heavy atom. The Morgan fingerprint density at radius 1 is 1.55 bits per heavy atom. The molecule has 2 N–H and O–H groups in total. The maximum atomic E-state index is 13.5. The minimum atomic E-state index is -4.05. The molecule has 1 aromatic carbocycles. The number of ether oxygens (including phenoxy) is 1. The van der Waals surface area contributed by atoms with Crippen molar-refractivity contribution in [3.63, 3.8) is 0 Å². The van der Waals surface area contributed by atoms with Gasteiger partial charge in [0.15, 0.2) is 0 Å². The monoisotopic (exact) mass is 325 g/mol. The second kappa shape index (κ2) is 6.49. The Kier molecular flexibility index (Phi) is 5.46. The van der Waals surface area contributed by atoms with Gasteiger partial charge in [0.25, 0.3) is 0 Å². The predicted octanol–water partition coefficient (Wildman–Crippen LogP) is 1.49. The van der Waals surface area contributed by atoms with Crippen LogP contribution in [0.5, 0.6) is 0 Å². The molecular weight excluding hydrogens is 313 g/mol. The molecule has 112 valence electrons. The average Bonchev–Trinajstić information content (AvgIpc) is 2.38. The minimum Gasteiger partial charge on any atom is -0.478 e. The van der Waals surface area contributed by atoms with E-state index >= 15 is 0 Å². The number of methoxy groups -OCH3 is 1. The van der Waals surface area contributed by atoms with Gasteiger partial charge >= 0.3 is 5.97 Å². The van der Waals surface area contributed by atoms with Crippen LogP contribution in [-0.2, 0) is 14.8 Å². The molecule has 0 bridgehead atoms. The molecule has 1 rings (SSSR count). The topological polar surface area (TPSA) is 92.7 Å². The number of hydrogen-bond acceptors (Lipinski definition) is 4. The number of nitrogens with one attached hydrogen (secondary N) is 1. The lowest BCUT2D eigenvalue weighted by atomic mass is 10.2. The van der Waals surface area contributed by atoms with Gasteiger partial charge in [0.1, 0.15) is 5.82 Å². The normalized spacial score (nSPS) is 13.2. The maximum absolute atomic E-state index is 13.5. The highest BCUT2D eigenvalue weighted by molar-refractivity contribution is 7.89. The van der Waals surface area contributed by atoms with Crippen molar-refractivity contribution in [3.8, 4) is 0 Å². The Hall–Kier alpha value is -1.22. The van der Waals surface area contributed by atoms with Crippen molar-refractivity contribution in [1.29, 1.82) is 0 Å². The molecule has 0 amide bonds. The van der Waals surface area contributed by atoms with Crippen LogP contribution < -0.4 is 4.72 Å². The van der Waals surface area contributed by atoms with Gasteiger partial charge in [-0.3, -0.25) is 0 Å². The predicted molar refractivity (Wildman–Crippen MR) is 70.0 cm³/mol. The van der Waals surface area contributed by atoms with Gasteiger partial charge in [0.05, 0.1) is 21.6 Å². The van der Waals surface area contributed by atoms with E-state index in [2.05, 4.69) is 4.72 Å². The molecule has 0 aliphatic heterocycles. The second-order valence-electron chi connectivity index (χ2n) is 3.97. The van der Waals surface area contributed by atoms with E-state index < -0.39 is 37.3 Å². The largest absolute Gasteiger partial charge is 0.478 e. The number of carbonyl (C=O) groups is 1. The molecule has 20 heavy (non-hydrogen) atoms. The molecule has 0 saturated carbocycles. The third-order valence-electron chi connectivity index (χ3n) is 2.51. The summed E-state index contributed by atoms with van der Waals surface area (Å²) in [7, 11) is -2.65. The van der Waals surface area contributed by atoms with E-state index in [0.29, 0.717) is 6.07 Å². The van der Waals surface area contributed by atoms with Gasteiger partial charge < -0.3 is 9.84 Å². The third kappa shape index (κ3) is 3.89. The number of halogens is 2. The van der Waals surface area contributed by atoms with Gasteiger partial charge in [0.2, 0.25) is 10.0 Å². The first-order valence-electron chi connectivity index (χ1n) is 5.44. The fraction of sp³-hybridized carbons (Fsp3) is 0.364. The smallest absolute Gasteiger partial charge is 0.337 e. The van der Waals surface area contributed by atoms with Crippen LogP contribution in [0.2, 0.25) is 5.02 Å². The van der Waals surface area contributed by atoms with E-state index in [1.807, 2.05) is 0 Å². The zero-order valence-corrected chi connectivity index (χ0v) is 12.3. The molecule has 1 unspecified atom stereocenters. The molecule has 0 fully saturated rings. The highest BCUT2D eigenvalue weighted by atomic mass is 35.5. The summed E-state index contributed by atoms with van der Waals surface area (Å²) >= 11 is 5.47. The van der Waals surface area contributed by atoms with Gasteiger partial charge in [-0.15, -0.1) is 0 Å². The first-order chi connectivity index (χ1) is 9.19. The second-order valence-corrected chi connectivity index (χ2v) is 6.11. The fourth-order valence-electron chi connectivity index (χ4n) is 1.27. The minimum absolute atomic E-state index is 0.0362. The first-order valence-corrected chi connectivity index (χ1v) is 7.30. The number of hydrogen-bond donors (Lipinski definition) is 2. The lowest BCUT2D eigenvalue weighted by Crippen LogP contribution is -2.31. The fourth-order valence-corrected chi connectivity index (χ4v) is 2.61. The molecule has 0 aliphatic carbocycles. The van der Waals surface area contributed by atoms with E-state index in [1.165, 1.54) is 7.11 Å². The van der Waals surface area contributed by atoms with E-state index in [0.717, 1.165) is 6.07 Å². The summed E-state index contributed by atoms with van der Waals surface area (Å²) < 4.78 is 44.4. The third-order valence-corrected chi connectivity index (χ3v) is 4.29. The molecule has 9 heteroatoms. The quantitative estimate of drug-likeness (QED) is 0.826. The van der Waals surface area contributed by atoms with E-state index in [4.69, 9.17) is 21.4 Å². The van der Waals surface area contributed by atoms with Crippen LogP contribution in [-0.4, -0.2) is 39.3 Å². The van der Waals surface area contributed by atoms with Crippen LogP contribution in [0, 0.1) is 5.82 Å². The summed E-state index contributed by atoms with van der Waals surface area (Å²) in [5, 5.41) is 8.21. The summed E-state index contributed by atoms with van der Waals surface area (Å²) in [6.07, 6.45) is -0.388. The summed E-state index contributed by atoms with van der Waals surface area (Å²) in [6, 6.07) is 1.46. The zero-order chi connectivity index (χ0) is 15.5. The number of sulfonamides is 1. The SMILES string of the molecule is COC(C)CNS(=O)(=O)c1cc(F)c(Cl)c(C(=O)O)c1. The van der Waals surface area contributed by atoms with Crippen molar-refractivity contribution in [1.82, 2.24) is 4.72 Å². The Labute approximate surface area is 120 Å². The van der Waals surface area contributed by atoms with Gasteiger partial charge in [-0.1, -0.05) is 11.6 Å². The van der Waals surface area contributed by atoms with Crippen molar-refractivity contribution in [2.75, 3.05) is 13.7 Å². The molecule has 0 aromatic heterocycles. The Morgan fingerprint density at radius 2 is 2.15 bits per heavy atom. The summed E-state index contributed by atoms with van der Waals surface area (Å²) in [5.41, 5.74) is -0.619. The molecule has 0 aliphatic rings. The maximum Gasteiger partial charge on any atom is 0.337 e. The molecule has 1 atom stereocenters. The first kappa shape index (κ1) is 16.8. The Balaban J connectivity index is 3.16. The van der Waals surface area contributed by atoms with Gasteiger partial charge in [0, 0.05) is 13.7 Å². The lowest BCUT2D eigenvalue weighted by molar-refractivity contribution is 0.0696. The summed E-state index contributed by atoms with van der Waals surface area (Å²) in [6.45, 7) is 1.60. The molecule has 0 heterocycles. The van der Waals surface area contributed by atoms with Crippen molar-refractivity contribution in [2.45, 2.75) is 17.9 Å². The molecule has 0 saturated heterocycles. The summed E-state index contributed by atoms with van der Waals surface area (Å²) in [5.74, 6) is -2.64. The van der Waals surface area contributed by atoms with E-state index in [1.54, 1.807) is 6.92 Å². The number of carboxylic acids is 1. The van der Waals surface area contributed by atoms with Crippen molar-refractivity contribution in [2.24, 2.45) is 0 Å². The summed E-state index contributed by atoms with van der Waals surface area (Å²) in [4.78, 5) is 10.4. The number of benzene rings is 1. The van der Waals surface area contributed by atoms with E-state index in [-0.39, 0.29) is 12.6 Å².